The molecule has 1 rings (SSSR count). The van der Waals surface area contributed by atoms with Gasteiger partial charge in [-0.1, -0.05) is 42.5 Å². The quantitative estimate of drug-likeness (QED) is 0.771. The van der Waals surface area contributed by atoms with E-state index in [0.717, 1.165) is 12.0 Å². The molecular weight excluding hydrogens is 226 g/mol. The molecule has 0 aliphatic heterocycles. The SMILES string of the molecule is NS(=O)(=O)OCCC/C=C\c1ccccc1. The van der Waals surface area contributed by atoms with E-state index in [2.05, 4.69) is 9.32 Å². The van der Waals surface area contributed by atoms with Crippen LogP contribution in [-0.2, 0) is 14.5 Å². The van der Waals surface area contributed by atoms with Crippen molar-refractivity contribution in [2.45, 2.75) is 12.8 Å². The Bertz CT molecular complexity index is 426. The van der Waals surface area contributed by atoms with Crippen molar-refractivity contribution in [3.8, 4) is 0 Å². The molecule has 88 valence electrons. The summed E-state index contributed by atoms with van der Waals surface area (Å²) in [5, 5.41) is 4.67. The highest BCUT2D eigenvalue weighted by molar-refractivity contribution is 7.84. The van der Waals surface area contributed by atoms with Crippen LogP contribution in [0.2, 0.25) is 0 Å². The minimum absolute atomic E-state index is 0.123. The van der Waals surface area contributed by atoms with Crippen molar-refractivity contribution < 1.29 is 12.6 Å². The van der Waals surface area contributed by atoms with E-state index >= 15 is 0 Å². The average molecular weight is 241 g/mol. The Hall–Kier alpha value is -1.17. The van der Waals surface area contributed by atoms with Crippen LogP contribution >= 0.6 is 0 Å². The van der Waals surface area contributed by atoms with Crippen molar-refractivity contribution in [3.05, 3.63) is 42.0 Å². The molecule has 4 nitrogen and oxygen atoms in total. The van der Waals surface area contributed by atoms with Gasteiger partial charge in [0.15, 0.2) is 0 Å². The van der Waals surface area contributed by atoms with Gasteiger partial charge < -0.3 is 0 Å². The number of benzene rings is 1. The van der Waals surface area contributed by atoms with Gasteiger partial charge in [0.25, 0.3) is 0 Å². The van der Waals surface area contributed by atoms with Crippen LogP contribution in [0.15, 0.2) is 36.4 Å². The zero-order chi connectivity index (χ0) is 11.9. The van der Waals surface area contributed by atoms with E-state index in [1.54, 1.807) is 0 Å². The zero-order valence-electron chi connectivity index (χ0n) is 8.87. The Labute approximate surface area is 96.0 Å². The third-order valence-electron chi connectivity index (χ3n) is 1.87. The molecular formula is C11H15NO3S. The monoisotopic (exact) mass is 241 g/mol. The molecule has 5 heteroatoms. The molecule has 0 fully saturated rings. The average Bonchev–Trinajstić information content (AvgIpc) is 2.23. The van der Waals surface area contributed by atoms with Crippen molar-refractivity contribution in [3.63, 3.8) is 0 Å². The largest absolute Gasteiger partial charge is 0.333 e. The fourth-order valence-electron chi connectivity index (χ4n) is 1.16. The van der Waals surface area contributed by atoms with Crippen molar-refractivity contribution in [2.75, 3.05) is 6.61 Å². The van der Waals surface area contributed by atoms with Gasteiger partial charge >= 0.3 is 10.3 Å². The molecule has 0 bridgehead atoms. The number of nitrogens with two attached hydrogens (primary N) is 1. The lowest BCUT2D eigenvalue weighted by Crippen LogP contribution is -2.16. The number of rotatable bonds is 6. The molecule has 0 amide bonds. The first kappa shape index (κ1) is 12.9. The Morgan fingerprint density at radius 1 is 1.25 bits per heavy atom. The van der Waals surface area contributed by atoms with E-state index < -0.39 is 10.3 Å². The van der Waals surface area contributed by atoms with Gasteiger partial charge in [0.1, 0.15) is 0 Å². The van der Waals surface area contributed by atoms with E-state index in [9.17, 15) is 8.42 Å². The summed E-state index contributed by atoms with van der Waals surface area (Å²) in [5.41, 5.74) is 1.12. The second-order valence-corrected chi connectivity index (χ2v) is 4.49. The molecule has 0 aliphatic rings. The van der Waals surface area contributed by atoms with Gasteiger partial charge in [-0.05, 0) is 18.4 Å². The van der Waals surface area contributed by atoms with Crippen LogP contribution in [0.5, 0.6) is 0 Å². The standard InChI is InChI=1S/C11H15NO3S/c12-16(13,14)15-10-6-2-5-9-11-7-3-1-4-8-11/h1,3-5,7-9H,2,6,10H2,(H2,12,13,14)/b9-5-. The third kappa shape index (κ3) is 6.34. The second kappa shape index (κ2) is 6.42. The van der Waals surface area contributed by atoms with Crippen LogP contribution in [0, 0.1) is 0 Å². The Morgan fingerprint density at radius 2 is 1.94 bits per heavy atom. The molecule has 0 aliphatic carbocycles. The van der Waals surface area contributed by atoms with Gasteiger partial charge in [-0.2, -0.15) is 8.42 Å². The van der Waals surface area contributed by atoms with Crippen molar-refractivity contribution in [2.24, 2.45) is 5.14 Å². The summed E-state index contributed by atoms with van der Waals surface area (Å²) in [6, 6.07) is 9.87. The topological polar surface area (TPSA) is 69.4 Å². The summed E-state index contributed by atoms with van der Waals surface area (Å²) >= 11 is 0. The maximum Gasteiger partial charge on any atom is 0.333 e. The van der Waals surface area contributed by atoms with E-state index in [4.69, 9.17) is 0 Å². The van der Waals surface area contributed by atoms with E-state index in [1.807, 2.05) is 42.5 Å². The Balaban J connectivity index is 2.19. The summed E-state index contributed by atoms with van der Waals surface area (Å²) in [6.45, 7) is 0.123. The molecule has 0 aromatic heterocycles. The Kier molecular flexibility index (Phi) is 5.18. The number of unbranched alkanes of at least 4 members (excludes halogenated alkanes) is 1. The fraction of sp³-hybridized carbons (Fsp3) is 0.273. The normalized spacial score (nSPS) is 12.1. The first-order valence-corrected chi connectivity index (χ1v) is 6.44. The number of hydrogen-bond acceptors (Lipinski definition) is 3. The lowest BCUT2D eigenvalue weighted by Gasteiger charge is -1.97. The van der Waals surface area contributed by atoms with Crippen LogP contribution < -0.4 is 5.14 Å². The van der Waals surface area contributed by atoms with Crippen LogP contribution in [-0.4, -0.2) is 15.0 Å². The molecule has 0 spiro atoms. The van der Waals surface area contributed by atoms with E-state index in [-0.39, 0.29) is 6.61 Å². The fourth-order valence-corrected chi connectivity index (χ4v) is 1.51. The van der Waals surface area contributed by atoms with Crippen LogP contribution in [0.25, 0.3) is 6.08 Å². The minimum Gasteiger partial charge on any atom is -0.258 e. The van der Waals surface area contributed by atoms with Crippen LogP contribution in [0.3, 0.4) is 0 Å². The highest BCUT2D eigenvalue weighted by Gasteiger charge is 1.99. The molecule has 0 radical (unpaired) electrons. The predicted octanol–water partition coefficient (Wildman–Crippen LogP) is 1.70. The highest BCUT2D eigenvalue weighted by Crippen LogP contribution is 2.03. The summed E-state index contributed by atoms with van der Waals surface area (Å²) in [5.74, 6) is 0. The molecule has 1 aromatic carbocycles. The van der Waals surface area contributed by atoms with Crippen molar-refractivity contribution in [1.82, 2.24) is 0 Å². The summed E-state index contributed by atoms with van der Waals surface area (Å²) < 4.78 is 25.2. The lowest BCUT2D eigenvalue weighted by molar-refractivity contribution is 0.314. The van der Waals surface area contributed by atoms with Crippen LogP contribution in [0.1, 0.15) is 18.4 Å². The molecule has 16 heavy (non-hydrogen) atoms. The zero-order valence-corrected chi connectivity index (χ0v) is 9.69. The van der Waals surface area contributed by atoms with Gasteiger partial charge in [0.05, 0.1) is 6.61 Å². The summed E-state index contributed by atoms with van der Waals surface area (Å²) in [6.07, 6.45) is 5.34. The summed E-state index contributed by atoms with van der Waals surface area (Å²) in [4.78, 5) is 0. The molecule has 2 N–H and O–H groups in total. The number of allylic oxidation sites excluding steroid dienone is 1. The van der Waals surface area contributed by atoms with Gasteiger partial charge in [-0.15, -0.1) is 0 Å². The molecule has 0 saturated heterocycles. The maximum atomic E-state index is 10.4. The Morgan fingerprint density at radius 3 is 2.56 bits per heavy atom. The van der Waals surface area contributed by atoms with Crippen molar-refractivity contribution >= 4 is 16.4 Å². The minimum atomic E-state index is -3.79. The van der Waals surface area contributed by atoms with Gasteiger partial charge in [-0.25, -0.2) is 5.14 Å². The molecule has 0 unspecified atom stereocenters. The highest BCUT2D eigenvalue weighted by atomic mass is 32.2. The van der Waals surface area contributed by atoms with Crippen molar-refractivity contribution in [1.29, 1.82) is 0 Å². The van der Waals surface area contributed by atoms with Gasteiger partial charge in [0, 0.05) is 0 Å². The van der Waals surface area contributed by atoms with Gasteiger partial charge in [0.2, 0.25) is 0 Å². The van der Waals surface area contributed by atoms with Crippen LogP contribution in [0.4, 0.5) is 0 Å². The first-order valence-electron chi connectivity index (χ1n) is 4.97. The predicted molar refractivity (Wildman–Crippen MR) is 63.8 cm³/mol. The maximum absolute atomic E-state index is 10.4. The van der Waals surface area contributed by atoms with E-state index in [0.29, 0.717) is 6.42 Å². The van der Waals surface area contributed by atoms with E-state index in [1.165, 1.54) is 0 Å². The van der Waals surface area contributed by atoms with Gasteiger partial charge in [-0.3, -0.25) is 4.18 Å². The smallest absolute Gasteiger partial charge is 0.258 e. The summed E-state index contributed by atoms with van der Waals surface area (Å²) in [7, 11) is -3.79. The second-order valence-electron chi connectivity index (χ2n) is 3.27. The first-order chi connectivity index (χ1) is 7.58. The molecule has 0 atom stereocenters. The molecule has 0 saturated carbocycles. The molecule has 0 heterocycles. The number of hydrogen-bond donors (Lipinski definition) is 1. The molecule has 1 aromatic rings. The lowest BCUT2D eigenvalue weighted by atomic mass is 10.2. The third-order valence-corrected chi connectivity index (χ3v) is 2.37.